The molecular formula is C26H25NO5. The molecule has 6 nitrogen and oxygen atoms in total. The standard InChI is InChI=1S/C26H25NO5/c1-17-22-15-21(25(29)32-26(30)31)14-20(22)12-13-27(16-23(17)28)24(18-8-4-2-5-9-18)19-10-6-3-7-11-19/h2-12,21,24H,13-16H2,1H3,(H,30,31). The number of esters is 1. The molecular weight excluding hydrogens is 406 g/mol. The zero-order valence-corrected chi connectivity index (χ0v) is 17.9. The van der Waals surface area contributed by atoms with Crippen molar-refractivity contribution in [1.29, 1.82) is 0 Å². The molecule has 0 amide bonds. The van der Waals surface area contributed by atoms with Crippen molar-refractivity contribution in [1.82, 2.24) is 4.90 Å². The molecule has 0 spiro atoms. The number of hydrogen-bond donors (Lipinski definition) is 1. The summed E-state index contributed by atoms with van der Waals surface area (Å²) in [4.78, 5) is 38.3. The van der Waals surface area contributed by atoms with Crippen molar-refractivity contribution in [2.24, 2.45) is 5.92 Å². The highest BCUT2D eigenvalue weighted by atomic mass is 16.7. The molecule has 1 fully saturated rings. The summed E-state index contributed by atoms with van der Waals surface area (Å²) in [6.45, 7) is 2.57. The second-order valence-corrected chi connectivity index (χ2v) is 8.20. The molecule has 0 radical (unpaired) electrons. The smallest absolute Gasteiger partial charge is 0.449 e. The van der Waals surface area contributed by atoms with E-state index in [0.717, 1.165) is 22.3 Å². The number of hydrogen-bond acceptors (Lipinski definition) is 5. The number of fused-ring (bicyclic) bond motifs is 1. The molecule has 1 heterocycles. The minimum absolute atomic E-state index is 0.00899. The lowest BCUT2D eigenvalue weighted by Gasteiger charge is -2.32. The van der Waals surface area contributed by atoms with Crippen molar-refractivity contribution >= 4 is 17.9 Å². The molecule has 1 atom stereocenters. The SMILES string of the molecule is CC1=C2CC(C(=O)OC(=O)O)CC2=CCN(C(c2ccccc2)c2ccccc2)CC1=O. The topological polar surface area (TPSA) is 83.9 Å². The summed E-state index contributed by atoms with van der Waals surface area (Å²) >= 11 is 0. The Balaban J connectivity index is 1.67. The van der Waals surface area contributed by atoms with Crippen molar-refractivity contribution in [3.8, 4) is 0 Å². The molecule has 32 heavy (non-hydrogen) atoms. The summed E-state index contributed by atoms with van der Waals surface area (Å²) in [5.41, 5.74) is 4.60. The van der Waals surface area contributed by atoms with Gasteiger partial charge in [-0.1, -0.05) is 66.7 Å². The maximum Gasteiger partial charge on any atom is 0.513 e. The molecule has 2 aromatic carbocycles. The van der Waals surface area contributed by atoms with Crippen LogP contribution >= 0.6 is 0 Å². The fraction of sp³-hybridized carbons (Fsp3) is 0.269. The first kappa shape index (κ1) is 21.7. The first-order chi connectivity index (χ1) is 15.4. The quantitative estimate of drug-likeness (QED) is 0.565. The van der Waals surface area contributed by atoms with E-state index in [0.29, 0.717) is 25.0 Å². The van der Waals surface area contributed by atoms with E-state index in [-0.39, 0.29) is 18.4 Å². The Kier molecular flexibility index (Phi) is 6.32. The zero-order chi connectivity index (χ0) is 22.7. The van der Waals surface area contributed by atoms with Crippen LogP contribution in [0, 0.1) is 5.92 Å². The lowest BCUT2D eigenvalue weighted by molar-refractivity contribution is -0.143. The Hall–Kier alpha value is -3.51. The number of nitrogens with zero attached hydrogens (tertiary/aromatic N) is 1. The van der Waals surface area contributed by atoms with Gasteiger partial charge in [-0.15, -0.1) is 0 Å². The number of allylic oxidation sites excluding steroid dienone is 2. The van der Waals surface area contributed by atoms with E-state index in [2.05, 4.69) is 40.0 Å². The second-order valence-electron chi connectivity index (χ2n) is 8.20. The molecule has 1 unspecified atom stereocenters. The second kappa shape index (κ2) is 9.32. The minimum atomic E-state index is -1.60. The van der Waals surface area contributed by atoms with Crippen molar-refractivity contribution < 1.29 is 24.2 Å². The van der Waals surface area contributed by atoms with Crippen LogP contribution in [0.1, 0.15) is 36.9 Å². The van der Waals surface area contributed by atoms with E-state index in [1.807, 2.05) is 36.4 Å². The molecule has 1 aliphatic carbocycles. The Morgan fingerprint density at radius 2 is 1.59 bits per heavy atom. The van der Waals surface area contributed by atoms with Crippen LogP contribution in [0.15, 0.2) is 83.5 Å². The maximum absolute atomic E-state index is 13.2. The molecule has 4 rings (SSSR count). The van der Waals surface area contributed by atoms with Gasteiger partial charge in [-0.05, 0) is 47.6 Å². The number of carbonyl (C=O) groups is 3. The molecule has 1 aliphatic heterocycles. The van der Waals surface area contributed by atoms with Crippen LogP contribution in [-0.2, 0) is 14.3 Å². The number of benzene rings is 2. The third-order valence-corrected chi connectivity index (χ3v) is 6.21. The van der Waals surface area contributed by atoms with Gasteiger partial charge in [-0.2, -0.15) is 0 Å². The summed E-state index contributed by atoms with van der Waals surface area (Å²) in [7, 11) is 0. The summed E-state index contributed by atoms with van der Waals surface area (Å²) in [5, 5.41) is 8.77. The number of ether oxygens (including phenoxy) is 1. The van der Waals surface area contributed by atoms with Gasteiger partial charge in [0.25, 0.3) is 0 Å². The van der Waals surface area contributed by atoms with Gasteiger partial charge >= 0.3 is 12.1 Å². The highest BCUT2D eigenvalue weighted by Crippen LogP contribution is 2.40. The maximum atomic E-state index is 13.2. The predicted octanol–water partition coefficient (Wildman–Crippen LogP) is 4.53. The Bertz CT molecular complexity index is 1050. The van der Waals surface area contributed by atoms with Crippen LogP contribution in [-0.4, -0.2) is 41.0 Å². The number of carbonyl (C=O) groups excluding carboxylic acids is 2. The first-order valence-electron chi connectivity index (χ1n) is 10.6. The average Bonchev–Trinajstić information content (AvgIpc) is 3.21. The van der Waals surface area contributed by atoms with Gasteiger partial charge in [0.15, 0.2) is 5.78 Å². The number of ketones is 1. The summed E-state index contributed by atoms with van der Waals surface area (Å²) in [6.07, 6.45) is 1.17. The van der Waals surface area contributed by atoms with Crippen molar-refractivity contribution in [3.63, 3.8) is 0 Å². The van der Waals surface area contributed by atoms with Crippen LogP contribution in [0.4, 0.5) is 4.79 Å². The third kappa shape index (κ3) is 4.55. The van der Waals surface area contributed by atoms with Gasteiger partial charge in [-0.3, -0.25) is 14.5 Å². The lowest BCUT2D eigenvalue weighted by atomic mass is 9.93. The molecule has 1 N–H and O–H groups in total. The number of rotatable bonds is 4. The molecule has 1 saturated carbocycles. The van der Waals surface area contributed by atoms with Crippen molar-refractivity contribution in [2.45, 2.75) is 25.8 Å². The molecule has 0 saturated heterocycles. The minimum Gasteiger partial charge on any atom is -0.449 e. The molecule has 2 aliphatic rings. The predicted molar refractivity (Wildman–Crippen MR) is 119 cm³/mol. The molecule has 0 bridgehead atoms. The van der Waals surface area contributed by atoms with E-state index in [1.165, 1.54) is 0 Å². The highest BCUT2D eigenvalue weighted by Gasteiger charge is 2.36. The van der Waals surface area contributed by atoms with Crippen LogP contribution in [0.5, 0.6) is 0 Å². The fourth-order valence-corrected chi connectivity index (χ4v) is 4.62. The van der Waals surface area contributed by atoms with Crippen LogP contribution in [0.2, 0.25) is 0 Å². The molecule has 164 valence electrons. The Morgan fingerprint density at radius 1 is 1.00 bits per heavy atom. The van der Waals surface area contributed by atoms with Gasteiger partial charge in [0.05, 0.1) is 18.5 Å². The van der Waals surface area contributed by atoms with Gasteiger partial charge in [0.1, 0.15) is 0 Å². The van der Waals surface area contributed by atoms with E-state index < -0.39 is 18.0 Å². The van der Waals surface area contributed by atoms with Gasteiger partial charge < -0.3 is 9.84 Å². The van der Waals surface area contributed by atoms with Crippen LogP contribution in [0.3, 0.4) is 0 Å². The van der Waals surface area contributed by atoms with E-state index in [1.54, 1.807) is 6.92 Å². The lowest BCUT2D eigenvalue weighted by Crippen LogP contribution is -2.36. The monoisotopic (exact) mass is 431 g/mol. The average molecular weight is 431 g/mol. The summed E-state index contributed by atoms with van der Waals surface area (Å²) in [5.74, 6) is -1.34. The zero-order valence-electron chi connectivity index (χ0n) is 17.9. The van der Waals surface area contributed by atoms with Gasteiger partial charge in [0.2, 0.25) is 0 Å². The Morgan fingerprint density at radius 3 is 2.16 bits per heavy atom. The van der Waals surface area contributed by atoms with E-state index in [4.69, 9.17) is 5.11 Å². The molecule has 6 heteroatoms. The molecule has 2 aromatic rings. The largest absolute Gasteiger partial charge is 0.513 e. The normalized spacial score (nSPS) is 19.2. The van der Waals surface area contributed by atoms with Gasteiger partial charge in [-0.25, -0.2) is 4.79 Å². The van der Waals surface area contributed by atoms with E-state index >= 15 is 0 Å². The van der Waals surface area contributed by atoms with Crippen LogP contribution < -0.4 is 0 Å². The van der Waals surface area contributed by atoms with Crippen molar-refractivity contribution in [3.05, 3.63) is 94.6 Å². The molecule has 0 aromatic heterocycles. The number of carboxylic acid groups (broad SMARTS) is 1. The van der Waals surface area contributed by atoms with Crippen LogP contribution in [0.25, 0.3) is 0 Å². The van der Waals surface area contributed by atoms with Gasteiger partial charge in [0, 0.05) is 6.54 Å². The third-order valence-electron chi connectivity index (χ3n) is 6.21. The van der Waals surface area contributed by atoms with E-state index in [9.17, 15) is 14.4 Å². The summed E-state index contributed by atoms with van der Waals surface area (Å²) < 4.78 is 4.37. The summed E-state index contributed by atoms with van der Waals surface area (Å²) in [6, 6.07) is 20.1. The van der Waals surface area contributed by atoms with Crippen molar-refractivity contribution in [2.75, 3.05) is 13.1 Å². The Labute approximate surface area is 186 Å². The highest BCUT2D eigenvalue weighted by molar-refractivity contribution is 5.98. The number of Topliss-reactive ketones (excluding diaryl/α,β-unsaturated/α-hetero) is 1. The fourth-order valence-electron chi connectivity index (χ4n) is 4.62. The first-order valence-corrected chi connectivity index (χ1v) is 10.6.